The Morgan fingerprint density at radius 1 is 1.00 bits per heavy atom. The Kier molecular flexibility index (Phi) is 7.89. The van der Waals surface area contributed by atoms with Crippen LogP contribution in [0.15, 0.2) is 59.5 Å². The molecule has 7 heteroatoms. The van der Waals surface area contributed by atoms with E-state index < -0.39 is 10.0 Å². The zero-order valence-corrected chi connectivity index (χ0v) is 19.6. The van der Waals surface area contributed by atoms with Crippen LogP contribution in [0.2, 0.25) is 0 Å². The predicted octanol–water partition coefficient (Wildman–Crippen LogP) is 4.84. The summed E-state index contributed by atoms with van der Waals surface area (Å²) in [4.78, 5) is 23.8. The minimum atomic E-state index is -3.56. The van der Waals surface area contributed by atoms with Crippen LogP contribution in [-0.2, 0) is 26.0 Å². The summed E-state index contributed by atoms with van der Waals surface area (Å²) in [6, 6.07) is 16.5. The van der Waals surface area contributed by atoms with Crippen molar-refractivity contribution < 1.29 is 22.7 Å². The topological polar surface area (TPSA) is 80.8 Å². The van der Waals surface area contributed by atoms with Gasteiger partial charge in [-0.15, -0.1) is 0 Å². The molecule has 6 nitrogen and oxygen atoms in total. The molecule has 0 radical (unpaired) electrons. The van der Waals surface area contributed by atoms with Crippen molar-refractivity contribution in [3.05, 3.63) is 71.3 Å². The van der Waals surface area contributed by atoms with Gasteiger partial charge in [-0.25, -0.2) is 8.42 Å². The Balaban J connectivity index is 0.00000324. The lowest BCUT2D eigenvalue weighted by molar-refractivity contribution is -0.123. The monoisotopic (exact) mass is 481 g/mol. The molecule has 34 heavy (non-hydrogen) atoms. The second-order valence-electron chi connectivity index (χ2n) is 8.65. The molecular weight excluding hydrogens is 450 g/mol. The normalized spacial score (nSPS) is 15.0. The standard InChI is InChI=1S/C26H27NO5S.CH4/c1-18-3-8-26(19(2)13-18)33(30,31)27-11-9-21(10-12-27)25(29)15-20-4-5-23-16-24(32-17-28)7-6-22(23)14-20;/h3-8,13-14,16-17,21H,9-12,15H2,1-2H3;1H4. The molecule has 4 rings (SSSR count). The lowest BCUT2D eigenvalue weighted by atomic mass is 9.89. The highest BCUT2D eigenvalue weighted by molar-refractivity contribution is 7.89. The molecule has 1 aliphatic rings. The van der Waals surface area contributed by atoms with Gasteiger partial charge in [-0.2, -0.15) is 4.31 Å². The van der Waals surface area contributed by atoms with Crippen molar-refractivity contribution in [1.82, 2.24) is 4.31 Å². The van der Waals surface area contributed by atoms with Crippen molar-refractivity contribution in [2.45, 2.75) is 45.4 Å². The van der Waals surface area contributed by atoms with E-state index in [1.807, 2.05) is 50.2 Å². The first kappa shape index (κ1) is 25.6. The molecule has 3 aromatic rings. The van der Waals surface area contributed by atoms with Crippen LogP contribution >= 0.6 is 0 Å². The van der Waals surface area contributed by atoms with Crippen molar-refractivity contribution in [1.29, 1.82) is 0 Å². The number of nitrogens with zero attached hydrogens (tertiary/aromatic N) is 1. The van der Waals surface area contributed by atoms with Crippen LogP contribution in [-0.4, -0.2) is 38.1 Å². The molecule has 1 aliphatic heterocycles. The number of ketones is 1. The quantitative estimate of drug-likeness (QED) is 0.451. The molecule has 0 aromatic heterocycles. The largest absolute Gasteiger partial charge is 0.429 e. The van der Waals surface area contributed by atoms with E-state index in [1.165, 1.54) is 4.31 Å². The van der Waals surface area contributed by atoms with Gasteiger partial charge in [0.25, 0.3) is 6.47 Å². The number of carbonyl (C=O) groups is 2. The van der Waals surface area contributed by atoms with Crippen LogP contribution in [0.4, 0.5) is 0 Å². The third-order valence-corrected chi connectivity index (χ3v) is 8.36. The van der Waals surface area contributed by atoms with Gasteiger partial charge < -0.3 is 4.74 Å². The molecule has 0 N–H and O–H groups in total. The number of fused-ring (bicyclic) bond motifs is 1. The highest BCUT2D eigenvalue weighted by Crippen LogP contribution is 2.28. The summed E-state index contributed by atoms with van der Waals surface area (Å²) >= 11 is 0. The molecule has 0 unspecified atom stereocenters. The average molecular weight is 482 g/mol. The maximum absolute atomic E-state index is 13.1. The van der Waals surface area contributed by atoms with E-state index in [9.17, 15) is 18.0 Å². The minimum Gasteiger partial charge on any atom is -0.429 e. The second kappa shape index (κ2) is 10.5. The molecule has 0 amide bonds. The first-order chi connectivity index (χ1) is 15.8. The number of ether oxygens (including phenoxy) is 1. The molecule has 3 aromatic carbocycles. The minimum absolute atomic E-state index is 0. The molecule has 180 valence electrons. The van der Waals surface area contributed by atoms with Crippen LogP contribution < -0.4 is 4.74 Å². The van der Waals surface area contributed by atoms with E-state index in [4.69, 9.17) is 4.74 Å². The molecular formula is C27H31NO5S. The van der Waals surface area contributed by atoms with Gasteiger partial charge in [0, 0.05) is 25.4 Å². The van der Waals surface area contributed by atoms with Crippen molar-refractivity contribution in [3.63, 3.8) is 0 Å². The fraction of sp³-hybridized carbons (Fsp3) is 0.333. The van der Waals surface area contributed by atoms with Gasteiger partial charge >= 0.3 is 0 Å². The lowest BCUT2D eigenvalue weighted by Crippen LogP contribution is -2.40. The Morgan fingerprint density at radius 3 is 2.35 bits per heavy atom. The van der Waals surface area contributed by atoms with Gasteiger partial charge in [-0.05, 0) is 66.8 Å². The van der Waals surface area contributed by atoms with Gasteiger partial charge in [0.1, 0.15) is 11.5 Å². The molecule has 1 saturated heterocycles. The average Bonchev–Trinajstić information content (AvgIpc) is 2.79. The third kappa shape index (κ3) is 5.37. The highest BCUT2D eigenvalue weighted by atomic mass is 32.2. The summed E-state index contributed by atoms with van der Waals surface area (Å²) in [5.74, 6) is 0.470. The van der Waals surface area contributed by atoms with Crippen molar-refractivity contribution in [2.24, 2.45) is 5.92 Å². The fourth-order valence-corrected chi connectivity index (χ4v) is 6.18. The first-order valence-corrected chi connectivity index (χ1v) is 12.4. The van der Waals surface area contributed by atoms with Crippen molar-refractivity contribution >= 4 is 33.1 Å². The maximum atomic E-state index is 13.1. The Labute approximate surface area is 201 Å². The molecule has 0 aliphatic carbocycles. The summed E-state index contributed by atoms with van der Waals surface area (Å²) in [7, 11) is -3.56. The van der Waals surface area contributed by atoms with Crippen LogP contribution in [0.1, 0.15) is 37.0 Å². The molecule has 0 spiro atoms. The van der Waals surface area contributed by atoms with E-state index in [1.54, 1.807) is 18.2 Å². The number of benzene rings is 3. The summed E-state index contributed by atoms with van der Waals surface area (Å²) in [5.41, 5.74) is 2.69. The predicted molar refractivity (Wildman–Crippen MR) is 133 cm³/mol. The van der Waals surface area contributed by atoms with Crippen LogP contribution in [0.3, 0.4) is 0 Å². The Hall–Kier alpha value is -3.03. The second-order valence-corrected chi connectivity index (χ2v) is 10.6. The van der Waals surface area contributed by atoms with E-state index in [2.05, 4.69) is 0 Å². The van der Waals surface area contributed by atoms with E-state index in [-0.39, 0.29) is 19.1 Å². The van der Waals surface area contributed by atoms with Crippen LogP contribution in [0.5, 0.6) is 5.75 Å². The van der Waals surface area contributed by atoms with E-state index in [0.717, 1.165) is 27.5 Å². The highest BCUT2D eigenvalue weighted by Gasteiger charge is 2.32. The fourth-order valence-electron chi connectivity index (χ4n) is 4.50. The SMILES string of the molecule is C.Cc1ccc(S(=O)(=O)N2CCC(C(=O)Cc3ccc4cc(OC=O)ccc4c3)CC2)c(C)c1. The summed E-state index contributed by atoms with van der Waals surface area (Å²) in [6.07, 6.45) is 1.38. The third-order valence-electron chi connectivity index (χ3n) is 6.30. The number of hydrogen-bond donors (Lipinski definition) is 0. The first-order valence-electron chi connectivity index (χ1n) is 11.0. The zero-order valence-electron chi connectivity index (χ0n) is 18.8. The molecule has 0 atom stereocenters. The number of hydrogen-bond acceptors (Lipinski definition) is 5. The molecule has 0 saturated carbocycles. The van der Waals surface area contributed by atoms with Crippen molar-refractivity contribution in [3.8, 4) is 5.75 Å². The number of sulfonamides is 1. The maximum Gasteiger partial charge on any atom is 0.298 e. The number of carbonyl (C=O) groups excluding carboxylic acids is 2. The van der Waals surface area contributed by atoms with Gasteiger partial charge in [-0.3, -0.25) is 9.59 Å². The van der Waals surface area contributed by atoms with Gasteiger partial charge in [0.15, 0.2) is 0 Å². The lowest BCUT2D eigenvalue weighted by Gasteiger charge is -2.31. The van der Waals surface area contributed by atoms with Gasteiger partial charge in [0.05, 0.1) is 4.90 Å². The number of rotatable bonds is 7. The summed E-state index contributed by atoms with van der Waals surface area (Å²) < 4.78 is 32.6. The van der Waals surface area contributed by atoms with E-state index >= 15 is 0 Å². The van der Waals surface area contributed by atoms with Crippen LogP contribution in [0, 0.1) is 19.8 Å². The number of aryl methyl sites for hydroxylation is 2. The Bertz CT molecular complexity index is 1310. The van der Waals surface area contributed by atoms with Crippen molar-refractivity contribution in [2.75, 3.05) is 13.1 Å². The number of piperidine rings is 1. The Morgan fingerprint density at radius 2 is 1.68 bits per heavy atom. The summed E-state index contributed by atoms with van der Waals surface area (Å²) in [5, 5.41) is 1.89. The molecule has 1 heterocycles. The van der Waals surface area contributed by atoms with E-state index in [0.29, 0.717) is 49.5 Å². The van der Waals surface area contributed by atoms with Gasteiger partial charge in [0.2, 0.25) is 10.0 Å². The smallest absolute Gasteiger partial charge is 0.298 e. The molecule has 0 bridgehead atoms. The summed E-state index contributed by atoms with van der Waals surface area (Å²) in [6.45, 7) is 4.85. The number of Topliss-reactive ketones (excluding diaryl/α,β-unsaturated/α-hetero) is 1. The van der Waals surface area contributed by atoms with Crippen LogP contribution in [0.25, 0.3) is 10.8 Å². The molecule has 1 fully saturated rings. The van der Waals surface area contributed by atoms with Gasteiger partial charge in [-0.1, -0.05) is 49.4 Å². The zero-order chi connectivity index (χ0) is 23.6.